The Kier molecular flexibility index (Phi) is 7.28. The summed E-state index contributed by atoms with van der Waals surface area (Å²) in [6.45, 7) is 3.77. The number of sulfone groups is 1. The smallest absolute Gasteiger partial charge is 0.241 e. The van der Waals surface area contributed by atoms with Crippen LogP contribution in [-0.2, 0) is 14.6 Å². The highest BCUT2D eigenvalue weighted by molar-refractivity contribution is 7.91. The van der Waals surface area contributed by atoms with Crippen molar-refractivity contribution in [1.29, 1.82) is 0 Å². The first-order chi connectivity index (χ1) is 13.9. The highest BCUT2D eigenvalue weighted by Crippen LogP contribution is 2.23. The van der Waals surface area contributed by atoms with Gasteiger partial charge in [-0.05, 0) is 36.6 Å². The van der Waals surface area contributed by atoms with Crippen LogP contribution in [0, 0.1) is 6.92 Å². The third-order valence-electron chi connectivity index (χ3n) is 4.99. The van der Waals surface area contributed by atoms with Crippen molar-refractivity contribution >= 4 is 15.7 Å². The number of ether oxygens (including phenoxy) is 1. The average Bonchev–Trinajstić information content (AvgIpc) is 2.70. The summed E-state index contributed by atoms with van der Waals surface area (Å²) in [4.78, 5) is 14.9. The van der Waals surface area contributed by atoms with Gasteiger partial charge in [0.15, 0.2) is 9.84 Å². The molecule has 0 saturated carbocycles. The second-order valence-electron chi connectivity index (χ2n) is 7.31. The number of benzene rings is 2. The van der Waals surface area contributed by atoms with Gasteiger partial charge in [-0.3, -0.25) is 9.69 Å². The van der Waals surface area contributed by atoms with Crippen LogP contribution in [0.15, 0.2) is 54.6 Å². The number of hydrogen-bond acceptors (Lipinski definition) is 5. The topological polar surface area (TPSA) is 75.7 Å². The van der Waals surface area contributed by atoms with E-state index >= 15 is 0 Å². The molecule has 1 atom stereocenters. The Labute approximate surface area is 172 Å². The van der Waals surface area contributed by atoms with E-state index in [9.17, 15) is 13.2 Å². The molecule has 0 spiro atoms. The Bertz CT molecular complexity index is 901. The quantitative estimate of drug-likeness (QED) is 0.669. The van der Waals surface area contributed by atoms with Crippen molar-refractivity contribution in [3.63, 3.8) is 0 Å². The molecular formula is C22H28N2O4S. The molecule has 0 aliphatic carbocycles. The van der Waals surface area contributed by atoms with Gasteiger partial charge in [-0.25, -0.2) is 8.42 Å². The number of nitrogens with zero attached hydrogens (tertiary/aromatic N) is 1. The molecule has 6 nitrogen and oxygen atoms in total. The van der Waals surface area contributed by atoms with Crippen LogP contribution >= 0.6 is 0 Å². The first-order valence-electron chi connectivity index (χ1n) is 9.91. The Morgan fingerprint density at radius 1 is 1.10 bits per heavy atom. The number of hydrogen-bond donors (Lipinski definition) is 1. The molecule has 0 bridgehead atoms. The van der Waals surface area contributed by atoms with Crippen LogP contribution < -0.4 is 10.1 Å². The maximum absolute atomic E-state index is 12.9. The van der Waals surface area contributed by atoms with Crippen LogP contribution in [0.3, 0.4) is 0 Å². The van der Waals surface area contributed by atoms with Gasteiger partial charge < -0.3 is 10.1 Å². The van der Waals surface area contributed by atoms with Gasteiger partial charge in [0.2, 0.25) is 5.91 Å². The van der Waals surface area contributed by atoms with Crippen LogP contribution in [-0.4, -0.2) is 57.0 Å². The first kappa shape index (κ1) is 21.3. The van der Waals surface area contributed by atoms with Crippen LogP contribution in [0.1, 0.15) is 23.6 Å². The summed E-state index contributed by atoms with van der Waals surface area (Å²) in [5, 5.41) is 2.99. The van der Waals surface area contributed by atoms with Crippen LogP contribution in [0.2, 0.25) is 0 Å². The normalized spacial score (nSPS) is 17.4. The van der Waals surface area contributed by atoms with Gasteiger partial charge in [0.05, 0.1) is 18.1 Å². The maximum atomic E-state index is 12.9. The van der Waals surface area contributed by atoms with Gasteiger partial charge >= 0.3 is 0 Å². The molecule has 0 aromatic heterocycles. The average molecular weight is 417 g/mol. The lowest BCUT2D eigenvalue weighted by Crippen LogP contribution is -2.47. The van der Waals surface area contributed by atoms with Crippen LogP contribution in [0.25, 0.3) is 0 Å². The van der Waals surface area contributed by atoms with Crippen molar-refractivity contribution in [3.05, 3.63) is 65.7 Å². The van der Waals surface area contributed by atoms with Gasteiger partial charge in [-0.2, -0.15) is 0 Å². The van der Waals surface area contributed by atoms with Crippen LogP contribution in [0.4, 0.5) is 0 Å². The lowest BCUT2D eigenvalue weighted by atomic mass is 10.0. The minimum Gasteiger partial charge on any atom is -0.494 e. The molecule has 156 valence electrons. The molecule has 1 aliphatic heterocycles. The summed E-state index contributed by atoms with van der Waals surface area (Å²) in [7, 11) is -3.00. The summed E-state index contributed by atoms with van der Waals surface area (Å²) in [6, 6.07) is 16.9. The van der Waals surface area contributed by atoms with Gasteiger partial charge in [0.25, 0.3) is 0 Å². The highest BCUT2D eigenvalue weighted by atomic mass is 32.2. The van der Waals surface area contributed by atoms with E-state index in [-0.39, 0.29) is 17.4 Å². The SMILES string of the molecule is Cc1cccc(OCCCNC(=O)C(c2ccccc2)N2CCS(=O)(=O)CC2)c1. The Hall–Kier alpha value is -2.38. The Balaban J connectivity index is 1.54. The predicted molar refractivity (Wildman–Crippen MR) is 114 cm³/mol. The van der Waals surface area contributed by atoms with Gasteiger partial charge in [0, 0.05) is 19.6 Å². The molecule has 1 heterocycles. The zero-order chi connectivity index (χ0) is 20.7. The second kappa shape index (κ2) is 9.89. The minimum absolute atomic E-state index is 0.0912. The molecule has 0 radical (unpaired) electrons. The molecule has 29 heavy (non-hydrogen) atoms. The minimum atomic E-state index is -3.00. The summed E-state index contributed by atoms with van der Waals surface area (Å²) in [6.07, 6.45) is 0.690. The molecule has 1 N–H and O–H groups in total. The molecule has 1 unspecified atom stereocenters. The molecule has 1 fully saturated rings. The van der Waals surface area contributed by atoms with Crippen molar-refractivity contribution in [2.45, 2.75) is 19.4 Å². The first-order valence-corrected chi connectivity index (χ1v) is 11.7. The maximum Gasteiger partial charge on any atom is 0.241 e. The Morgan fingerprint density at radius 3 is 2.52 bits per heavy atom. The molecular weight excluding hydrogens is 388 g/mol. The largest absolute Gasteiger partial charge is 0.494 e. The van der Waals surface area contributed by atoms with E-state index in [0.29, 0.717) is 32.7 Å². The lowest BCUT2D eigenvalue weighted by Gasteiger charge is -2.33. The third-order valence-corrected chi connectivity index (χ3v) is 6.60. The summed E-state index contributed by atoms with van der Waals surface area (Å²) in [5.41, 5.74) is 2.02. The van der Waals surface area contributed by atoms with E-state index in [2.05, 4.69) is 5.32 Å². The van der Waals surface area contributed by atoms with E-state index in [4.69, 9.17) is 4.74 Å². The van der Waals surface area contributed by atoms with Gasteiger partial charge in [0.1, 0.15) is 11.8 Å². The van der Waals surface area contributed by atoms with Gasteiger partial charge in [-0.15, -0.1) is 0 Å². The van der Waals surface area contributed by atoms with Crippen molar-refractivity contribution in [2.24, 2.45) is 0 Å². The fourth-order valence-electron chi connectivity index (χ4n) is 3.42. The summed E-state index contributed by atoms with van der Waals surface area (Å²) < 4.78 is 29.3. The predicted octanol–water partition coefficient (Wildman–Crippen LogP) is 2.35. The van der Waals surface area contributed by atoms with Crippen LogP contribution in [0.5, 0.6) is 5.75 Å². The molecule has 2 aromatic carbocycles. The number of amides is 1. The lowest BCUT2D eigenvalue weighted by molar-refractivity contribution is -0.126. The Morgan fingerprint density at radius 2 is 1.83 bits per heavy atom. The third kappa shape index (κ3) is 6.30. The molecule has 3 rings (SSSR count). The number of rotatable bonds is 8. The monoisotopic (exact) mass is 416 g/mol. The second-order valence-corrected chi connectivity index (χ2v) is 9.61. The fourth-order valence-corrected chi connectivity index (χ4v) is 4.65. The fraction of sp³-hybridized carbons (Fsp3) is 0.409. The zero-order valence-corrected chi connectivity index (χ0v) is 17.5. The number of aryl methyl sites for hydroxylation is 1. The molecule has 2 aromatic rings. The summed E-state index contributed by atoms with van der Waals surface area (Å²) in [5.74, 6) is 0.904. The standard InChI is InChI=1S/C22H28N2O4S/c1-18-7-5-10-20(17-18)28-14-6-11-23-22(25)21(19-8-3-2-4-9-19)24-12-15-29(26,27)16-13-24/h2-5,7-10,17,21H,6,11-16H2,1H3,(H,23,25). The molecule has 1 amide bonds. The number of nitrogens with one attached hydrogen (secondary N) is 1. The molecule has 7 heteroatoms. The van der Waals surface area contributed by atoms with Crippen molar-refractivity contribution in [3.8, 4) is 5.75 Å². The van der Waals surface area contributed by atoms with E-state index in [1.165, 1.54) is 0 Å². The zero-order valence-electron chi connectivity index (χ0n) is 16.7. The number of carbonyl (C=O) groups excluding carboxylic acids is 1. The van der Waals surface area contributed by atoms with E-state index < -0.39 is 15.9 Å². The molecule has 1 aliphatic rings. The van der Waals surface area contributed by atoms with E-state index in [1.807, 2.05) is 66.4 Å². The summed E-state index contributed by atoms with van der Waals surface area (Å²) >= 11 is 0. The van der Waals surface area contributed by atoms with E-state index in [0.717, 1.165) is 16.9 Å². The highest BCUT2D eigenvalue weighted by Gasteiger charge is 2.32. The van der Waals surface area contributed by atoms with Crippen molar-refractivity contribution < 1.29 is 17.9 Å². The van der Waals surface area contributed by atoms with Gasteiger partial charge in [-0.1, -0.05) is 42.5 Å². The van der Waals surface area contributed by atoms with Crippen molar-refractivity contribution in [1.82, 2.24) is 10.2 Å². The van der Waals surface area contributed by atoms with E-state index in [1.54, 1.807) is 0 Å². The number of carbonyl (C=O) groups is 1. The van der Waals surface area contributed by atoms with Crippen molar-refractivity contribution in [2.75, 3.05) is 37.7 Å². The molecule has 1 saturated heterocycles.